The van der Waals surface area contributed by atoms with E-state index in [2.05, 4.69) is 20.8 Å². The largest absolute Gasteiger partial charge is 0.508 e. The number of aryl methyl sites for hydroxylation is 1. The van der Waals surface area contributed by atoms with Gasteiger partial charge in [0.15, 0.2) is 0 Å². The molecule has 1 saturated heterocycles. The summed E-state index contributed by atoms with van der Waals surface area (Å²) >= 11 is 6.62. The summed E-state index contributed by atoms with van der Waals surface area (Å²) in [5.74, 6) is 0.525. The van der Waals surface area contributed by atoms with Crippen molar-refractivity contribution in [2.45, 2.75) is 282 Å². The molecule has 1 aromatic rings. The molecule has 0 saturated carbocycles. The minimum absolute atomic E-state index is 0.0588. The van der Waals surface area contributed by atoms with Gasteiger partial charge in [-0.25, -0.2) is 0 Å². The zero-order chi connectivity index (χ0) is 44.3. The quantitative estimate of drug-likeness (QED) is 0.0292. The number of hydrogen-bond acceptors (Lipinski definition) is 8. The Morgan fingerprint density at radius 3 is 1.64 bits per heavy atom. The first kappa shape index (κ1) is 55.6. The van der Waals surface area contributed by atoms with E-state index < -0.39 is 24.6 Å². The number of carbonyl (C=O) groups is 1. The molecule has 6 atom stereocenters. The summed E-state index contributed by atoms with van der Waals surface area (Å²) in [4.78, 5) is 12.9. The van der Waals surface area contributed by atoms with Crippen LogP contribution >= 0.6 is 11.6 Å². The molecule has 8 nitrogen and oxygen atoms in total. The molecule has 61 heavy (non-hydrogen) atoms. The molecule has 0 amide bonds. The van der Waals surface area contributed by atoms with E-state index in [1.54, 1.807) is 0 Å². The third kappa shape index (κ3) is 26.7. The van der Waals surface area contributed by atoms with E-state index in [4.69, 9.17) is 25.8 Å². The highest BCUT2D eigenvalue weighted by Crippen LogP contribution is 2.35. The summed E-state index contributed by atoms with van der Waals surface area (Å²) in [5.41, 5.74) is 1.58. The number of benzene rings is 1. The molecule has 356 valence electrons. The lowest BCUT2D eigenvalue weighted by Gasteiger charge is -2.35. The van der Waals surface area contributed by atoms with Gasteiger partial charge < -0.3 is 34.6 Å². The SMILES string of the molecule is CCCCCCCCCCCCCCCC(=O)OC(CCCCCC)CCCCCc1c(O)cc(CCCCCC(Cl)CCCCCCC)cc1O[C@@H]1OC[C@@H](O)[C@H](O)[C@H]1O. The summed E-state index contributed by atoms with van der Waals surface area (Å²) in [6.07, 6.45) is 33.7. The average Bonchev–Trinajstić information content (AvgIpc) is 3.24. The predicted molar refractivity (Wildman–Crippen MR) is 253 cm³/mol. The highest BCUT2D eigenvalue weighted by atomic mass is 35.5. The Morgan fingerprint density at radius 2 is 1.08 bits per heavy atom. The van der Waals surface area contributed by atoms with Crippen LogP contribution in [0.15, 0.2) is 12.1 Å². The van der Waals surface area contributed by atoms with Crippen LogP contribution in [0.3, 0.4) is 0 Å². The minimum Gasteiger partial charge on any atom is -0.508 e. The summed E-state index contributed by atoms with van der Waals surface area (Å²) < 4.78 is 17.8. The van der Waals surface area contributed by atoms with E-state index in [9.17, 15) is 25.2 Å². The predicted octanol–water partition coefficient (Wildman–Crippen LogP) is 13.7. The molecule has 2 rings (SSSR count). The molecule has 0 spiro atoms. The molecule has 0 radical (unpaired) electrons. The van der Waals surface area contributed by atoms with E-state index >= 15 is 0 Å². The molecular formula is C52H93ClO8. The molecule has 9 heteroatoms. The molecule has 0 aromatic heterocycles. The highest BCUT2D eigenvalue weighted by molar-refractivity contribution is 6.20. The van der Waals surface area contributed by atoms with Crippen molar-refractivity contribution in [3.63, 3.8) is 0 Å². The number of aromatic hydroxyl groups is 1. The Balaban J connectivity index is 1.85. The number of rotatable bonds is 40. The number of ether oxygens (including phenoxy) is 3. The standard InChI is InChI=1S/C52H93ClO8/c1-4-7-10-13-14-15-16-17-18-19-20-22-31-38-49(56)60-44(35-28-12-9-6-3)36-29-24-30-37-45-46(54)39-42(32-25-23-27-34-43(53)33-26-21-11-8-5-2)40-48(45)61-52-51(58)50(57)47(55)41-59-52/h39-40,43-44,47,50-52,54-55,57-58H,4-38,41H2,1-3H3/t43?,44?,47-,50+,51-,52+/m1/s1. The molecule has 1 aromatic carbocycles. The van der Waals surface area contributed by atoms with Gasteiger partial charge in [0.05, 0.1) is 6.61 Å². The van der Waals surface area contributed by atoms with Crippen molar-refractivity contribution in [2.24, 2.45) is 0 Å². The summed E-state index contributed by atoms with van der Waals surface area (Å²) in [5, 5.41) is 42.5. The average molecular weight is 882 g/mol. The Kier molecular flexibility index (Phi) is 33.4. The fourth-order valence-electron chi connectivity index (χ4n) is 8.62. The van der Waals surface area contributed by atoms with Crippen LogP contribution < -0.4 is 4.74 Å². The summed E-state index contributed by atoms with van der Waals surface area (Å²) in [6, 6.07) is 3.74. The maximum atomic E-state index is 12.9. The first-order valence-corrected chi connectivity index (χ1v) is 26.1. The highest BCUT2D eigenvalue weighted by Gasteiger charge is 2.39. The van der Waals surface area contributed by atoms with Crippen LogP contribution in [0.4, 0.5) is 0 Å². The lowest BCUT2D eigenvalue weighted by Crippen LogP contribution is -2.54. The number of aliphatic hydroxyl groups is 3. The molecule has 0 aliphatic carbocycles. The second-order valence-electron chi connectivity index (χ2n) is 18.4. The Labute approximate surface area is 378 Å². The fraction of sp³-hybridized carbons (Fsp3) is 0.865. The fourth-order valence-corrected chi connectivity index (χ4v) is 8.93. The Morgan fingerprint density at radius 1 is 0.623 bits per heavy atom. The van der Waals surface area contributed by atoms with Gasteiger partial charge in [0, 0.05) is 17.4 Å². The van der Waals surface area contributed by atoms with Crippen LogP contribution in [-0.2, 0) is 27.1 Å². The minimum atomic E-state index is -1.43. The second-order valence-corrected chi connectivity index (χ2v) is 19.0. The van der Waals surface area contributed by atoms with Crippen molar-refractivity contribution >= 4 is 17.6 Å². The zero-order valence-electron chi connectivity index (χ0n) is 39.4. The van der Waals surface area contributed by atoms with Crippen LogP contribution in [0.5, 0.6) is 11.5 Å². The smallest absolute Gasteiger partial charge is 0.306 e. The van der Waals surface area contributed by atoms with E-state index in [-0.39, 0.29) is 29.8 Å². The van der Waals surface area contributed by atoms with Gasteiger partial charge in [-0.15, -0.1) is 11.6 Å². The van der Waals surface area contributed by atoms with Gasteiger partial charge in [-0.2, -0.15) is 0 Å². The van der Waals surface area contributed by atoms with E-state index in [0.29, 0.717) is 24.2 Å². The van der Waals surface area contributed by atoms with E-state index in [1.165, 1.54) is 116 Å². The van der Waals surface area contributed by atoms with Crippen LogP contribution in [0.25, 0.3) is 0 Å². The summed E-state index contributed by atoms with van der Waals surface area (Å²) in [7, 11) is 0. The van der Waals surface area contributed by atoms with Crippen molar-refractivity contribution in [1.82, 2.24) is 0 Å². The van der Waals surface area contributed by atoms with Crippen LogP contribution in [0.2, 0.25) is 0 Å². The van der Waals surface area contributed by atoms with Crippen molar-refractivity contribution < 1.29 is 39.4 Å². The number of halogens is 1. The van der Waals surface area contributed by atoms with Crippen molar-refractivity contribution in [2.75, 3.05) is 6.61 Å². The van der Waals surface area contributed by atoms with Gasteiger partial charge in [0.25, 0.3) is 0 Å². The number of phenols is 1. The monoisotopic (exact) mass is 881 g/mol. The molecule has 0 bridgehead atoms. The molecule has 1 fully saturated rings. The van der Waals surface area contributed by atoms with Gasteiger partial charge >= 0.3 is 5.97 Å². The number of hydrogen-bond donors (Lipinski definition) is 4. The number of carbonyl (C=O) groups excluding carboxylic acids is 1. The van der Waals surface area contributed by atoms with Gasteiger partial charge in [-0.05, 0) is 88.3 Å². The molecule has 1 aliphatic heterocycles. The zero-order valence-corrected chi connectivity index (χ0v) is 40.1. The van der Waals surface area contributed by atoms with Crippen molar-refractivity contribution in [3.05, 3.63) is 23.3 Å². The molecule has 1 heterocycles. The maximum absolute atomic E-state index is 12.9. The lowest BCUT2D eigenvalue weighted by atomic mass is 9.98. The molecule has 2 unspecified atom stereocenters. The topological polar surface area (TPSA) is 126 Å². The van der Waals surface area contributed by atoms with E-state index in [1.807, 2.05) is 12.1 Å². The molecular weight excluding hydrogens is 788 g/mol. The van der Waals surface area contributed by atoms with Gasteiger partial charge in [0.2, 0.25) is 6.29 Å². The van der Waals surface area contributed by atoms with Gasteiger partial charge in [0.1, 0.15) is 35.9 Å². The first-order valence-electron chi connectivity index (χ1n) is 25.7. The number of phenolic OH excluding ortho intramolecular Hbond substituents is 1. The number of esters is 1. The number of aliphatic hydroxyl groups excluding tert-OH is 3. The van der Waals surface area contributed by atoms with E-state index in [0.717, 1.165) is 102 Å². The summed E-state index contributed by atoms with van der Waals surface area (Å²) in [6.45, 7) is 6.56. The van der Waals surface area contributed by atoms with Crippen LogP contribution in [0.1, 0.15) is 244 Å². The van der Waals surface area contributed by atoms with Gasteiger partial charge in [-0.3, -0.25) is 4.79 Å². The third-order valence-electron chi connectivity index (χ3n) is 12.7. The van der Waals surface area contributed by atoms with Crippen molar-refractivity contribution in [3.8, 4) is 11.5 Å². The second kappa shape index (κ2) is 36.7. The van der Waals surface area contributed by atoms with Gasteiger partial charge in [-0.1, -0.05) is 168 Å². The Hall–Kier alpha value is -1.58. The normalized spacial score (nSPS) is 18.9. The molecule has 4 N–H and O–H groups in total. The Bertz CT molecular complexity index is 1200. The first-order chi connectivity index (χ1) is 29.7. The third-order valence-corrected chi connectivity index (χ3v) is 13.1. The lowest BCUT2D eigenvalue weighted by molar-refractivity contribution is -0.242. The van der Waals surface area contributed by atoms with Crippen LogP contribution in [0, 0.1) is 0 Å². The maximum Gasteiger partial charge on any atom is 0.306 e. The molecule has 1 aliphatic rings. The number of unbranched alkanes of at least 4 members (excludes halogenated alkanes) is 23. The number of alkyl halides is 1. The van der Waals surface area contributed by atoms with Crippen LogP contribution in [-0.4, -0.2) is 69.1 Å². The van der Waals surface area contributed by atoms with Crippen molar-refractivity contribution in [1.29, 1.82) is 0 Å².